The Labute approximate surface area is 279 Å². The number of alkyl halides is 3. The summed E-state index contributed by atoms with van der Waals surface area (Å²) in [5, 5.41) is 25.9. The van der Waals surface area contributed by atoms with Crippen LogP contribution in [-0.4, -0.2) is 86.4 Å². The quantitative estimate of drug-likeness (QED) is 0.112. The molecule has 1 aromatic heterocycles. The Hall–Kier alpha value is -4.78. The van der Waals surface area contributed by atoms with E-state index >= 15 is 0 Å². The SMILES string of the molecule is COc1ccc(S(=O)(=O)N(CCO)CCO[C@H]2C[C@@H](c3ccc(C(F)(F)F)cc3)C=C(C(=O)NCCNc3ccc([N+](=O)[O-])cn3)O2)cc1. The van der Waals surface area contributed by atoms with Crippen LogP contribution in [-0.2, 0) is 30.5 Å². The van der Waals surface area contributed by atoms with Crippen LogP contribution >= 0.6 is 0 Å². The van der Waals surface area contributed by atoms with Gasteiger partial charge in [-0.1, -0.05) is 12.1 Å². The number of allylic oxidation sites excluding steroid dienone is 1. The van der Waals surface area contributed by atoms with Crippen molar-refractivity contribution in [3.63, 3.8) is 0 Å². The van der Waals surface area contributed by atoms with Crippen LogP contribution in [0.4, 0.5) is 24.7 Å². The summed E-state index contributed by atoms with van der Waals surface area (Å²) in [5.41, 5.74) is -0.556. The van der Waals surface area contributed by atoms with Gasteiger partial charge in [0.15, 0.2) is 5.76 Å². The van der Waals surface area contributed by atoms with E-state index in [0.717, 1.165) is 22.6 Å². The van der Waals surface area contributed by atoms with E-state index in [2.05, 4.69) is 15.6 Å². The number of aliphatic hydroxyl groups excluding tert-OH is 1. The van der Waals surface area contributed by atoms with Crippen molar-refractivity contribution in [1.29, 1.82) is 0 Å². The van der Waals surface area contributed by atoms with Gasteiger partial charge in [0.05, 0.1) is 35.7 Å². The smallest absolute Gasteiger partial charge is 0.416 e. The van der Waals surface area contributed by atoms with Crippen LogP contribution in [0.25, 0.3) is 0 Å². The third-order valence-electron chi connectivity index (χ3n) is 7.31. The van der Waals surface area contributed by atoms with E-state index in [9.17, 15) is 41.6 Å². The standard InChI is InChI=1S/C31H34F3N5O9S/c1-46-25-7-9-26(10-8-25)49(44,45)38(14-16-40)15-17-47-29-19-22(21-2-4-23(5-3-21)31(32,33)34)18-27(48-29)30(41)36-13-12-35-28-11-6-24(20-37-28)39(42)43/h2-11,18,20,22,29,40H,12-17,19H2,1H3,(H,35,37)(H,36,41)/t22-,29+/m0/s1. The molecule has 4 rings (SSSR count). The van der Waals surface area contributed by atoms with Gasteiger partial charge in [-0.2, -0.15) is 17.5 Å². The minimum Gasteiger partial charge on any atom is -0.497 e. The molecule has 0 aliphatic carbocycles. The molecule has 0 unspecified atom stereocenters. The van der Waals surface area contributed by atoms with Crippen molar-refractivity contribution in [3.05, 3.63) is 99.9 Å². The maximum absolute atomic E-state index is 13.2. The lowest BCUT2D eigenvalue weighted by molar-refractivity contribution is -0.385. The molecule has 2 atom stereocenters. The van der Waals surface area contributed by atoms with Crippen LogP contribution in [0.15, 0.2) is 83.6 Å². The maximum atomic E-state index is 13.2. The molecule has 18 heteroatoms. The molecule has 1 amide bonds. The third kappa shape index (κ3) is 10.1. The first-order valence-electron chi connectivity index (χ1n) is 14.9. The van der Waals surface area contributed by atoms with E-state index in [0.29, 0.717) is 17.1 Å². The van der Waals surface area contributed by atoms with Crippen molar-refractivity contribution in [2.45, 2.75) is 29.7 Å². The Balaban J connectivity index is 1.43. The molecular weight excluding hydrogens is 675 g/mol. The first-order valence-corrected chi connectivity index (χ1v) is 16.3. The van der Waals surface area contributed by atoms with Gasteiger partial charge in [0, 0.05) is 44.6 Å². The Bertz CT molecular complexity index is 1710. The molecule has 0 radical (unpaired) electrons. The molecule has 0 saturated carbocycles. The van der Waals surface area contributed by atoms with E-state index < -0.39 is 51.4 Å². The van der Waals surface area contributed by atoms with E-state index in [4.69, 9.17) is 14.2 Å². The van der Waals surface area contributed by atoms with Crippen LogP contribution in [0.3, 0.4) is 0 Å². The molecule has 0 saturated heterocycles. The molecule has 0 fully saturated rings. The number of hydrogen-bond acceptors (Lipinski definition) is 11. The predicted molar refractivity (Wildman–Crippen MR) is 169 cm³/mol. The number of sulfonamides is 1. The van der Waals surface area contributed by atoms with Gasteiger partial charge in [0.2, 0.25) is 16.3 Å². The van der Waals surface area contributed by atoms with Crippen molar-refractivity contribution in [2.75, 3.05) is 51.8 Å². The number of carbonyl (C=O) groups is 1. The second-order valence-electron chi connectivity index (χ2n) is 10.6. The molecule has 3 aromatic rings. The number of methoxy groups -OCH3 is 1. The molecule has 49 heavy (non-hydrogen) atoms. The van der Waals surface area contributed by atoms with E-state index in [1.54, 1.807) is 0 Å². The lowest BCUT2D eigenvalue weighted by atomic mass is 9.92. The largest absolute Gasteiger partial charge is 0.497 e. The zero-order chi connectivity index (χ0) is 35.6. The van der Waals surface area contributed by atoms with Crippen LogP contribution in [0, 0.1) is 10.1 Å². The highest BCUT2D eigenvalue weighted by Gasteiger charge is 2.32. The summed E-state index contributed by atoms with van der Waals surface area (Å²) >= 11 is 0. The van der Waals surface area contributed by atoms with Gasteiger partial charge in [-0.25, -0.2) is 13.4 Å². The molecule has 3 N–H and O–H groups in total. The van der Waals surface area contributed by atoms with Crippen molar-refractivity contribution in [3.8, 4) is 5.75 Å². The zero-order valence-corrected chi connectivity index (χ0v) is 26.9. The number of carbonyl (C=O) groups excluding carboxylic acids is 1. The van der Waals surface area contributed by atoms with Gasteiger partial charge in [0.1, 0.15) is 17.8 Å². The lowest BCUT2D eigenvalue weighted by Crippen LogP contribution is -2.38. The Morgan fingerprint density at radius 1 is 1.10 bits per heavy atom. The Morgan fingerprint density at radius 2 is 1.82 bits per heavy atom. The number of ether oxygens (including phenoxy) is 3. The molecule has 264 valence electrons. The van der Waals surface area contributed by atoms with E-state index in [-0.39, 0.29) is 55.5 Å². The Morgan fingerprint density at radius 3 is 2.41 bits per heavy atom. The van der Waals surface area contributed by atoms with Gasteiger partial charge in [-0.15, -0.1) is 0 Å². The number of nitro groups is 1. The molecule has 14 nitrogen and oxygen atoms in total. The van der Waals surface area contributed by atoms with Gasteiger partial charge in [-0.05, 0) is 54.1 Å². The highest BCUT2D eigenvalue weighted by atomic mass is 32.2. The van der Waals surface area contributed by atoms with E-state index in [1.807, 2.05) is 0 Å². The number of nitrogens with zero attached hydrogens (tertiary/aromatic N) is 3. The van der Waals surface area contributed by atoms with Crippen molar-refractivity contribution in [1.82, 2.24) is 14.6 Å². The summed E-state index contributed by atoms with van der Waals surface area (Å²) in [4.78, 5) is 27.2. The minimum atomic E-state index is -4.54. The fraction of sp³-hybridized carbons (Fsp3) is 0.355. The first-order chi connectivity index (χ1) is 23.3. The second kappa shape index (κ2) is 16.6. The average Bonchev–Trinajstić information content (AvgIpc) is 3.09. The average molecular weight is 710 g/mol. The van der Waals surface area contributed by atoms with Gasteiger partial charge < -0.3 is 30.0 Å². The number of amides is 1. The Kier molecular flexibility index (Phi) is 12.5. The monoisotopic (exact) mass is 709 g/mol. The number of nitrogens with one attached hydrogen (secondary N) is 2. The summed E-state index contributed by atoms with van der Waals surface area (Å²) in [7, 11) is -2.59. The number of benzene rings is 2. The highest BCUT2D eigenvalue weighted by Crippen LogP contribution is 2.34. The van der Waals surface area contributed by atoms with Crippen molar-refractivity contribution in [2.24, 2.45) is 0 Å². The number of aromatic nitrogens is 1. The third-order valence-corrected chi connectivity index (χ3v) is 9.23. The molecule has 2 aromatic carbocycles. The number of halogens is 3. The van der Waals surface area contributed by atoms with Gasteiger partial charge in [-0.3, -0.25) is 14.9 Å². The fourth-order valence-electron chi connectivity index (χ4n) is 4.77. The van der Waals surface area contributed by atoms with Crippen LogP contribution < -0.4 is 15.4 Å². The summed E-state index contributed by atoms with van der Waals surface area (Å²) in [6.45, 7) is -0.820. The number of hydrogen-bond donors (Lipinski definition) is 3. The maximum Gasteiger partial charge on any atom is 0.416 e. The second-order valence-corrected chi connectivity index (χ2v) is 12.5. The summed E-state index contributed by atoms with van der Waals surface area (Å²) in [6.07, 6.45) is -2.97. The summed E-state index contributed by atoms with van der Waals surface area (Å²) in [5.74, 6) is -0.604. The zero-order valence-electron chi connectivity index (χ0n) is 26.1. The molecule has 1 aliphatic heterocycles. The summed E-state index contributed by atoms with van der Waals surface area (Å²) < 4.78 is 83.8. The van der Waals surface area contributed by atoms with Crippen LogP contribution in [0.1, 0.15) is 23.5 Å². The first kappa shape index (κ1) is 37.0. The number of anilines is 1. The van der Waals surface area contributed by atoms with E-state index in [1.165, 1.54) is 61.7 Å². The van der Waals surface area contributed by atoms with Crippen molar-refractivity contribution < 1.29 is 50.6 Å². The van der Waals surface area contributed by atoms with Gasteiger partial charge in [0.25, 0.3) is 11.6 Å². The van der Waals surface area contributed by atoms with Crippen LogP contribution in [0.5, 0.6) is 5.75 Å². The summed E-state index contributed by atoms with van der Waals surface area (Å²) in [6, 6.07) is 12.9. The predicted octanol–water partition coefficient (Wildman–Crippen LogP) is 3.66. The normalized spacial score (nSPS) is 16.4. The molecule has 0 bridgehead atoms. The lowest BCUT2D eigenvalue weighted by Gasteiger charge is -2.30. The number of aliphatic hydroxyl groups is 1. The minimum absolute atomic E-state index is 0.0289. The molecule has 2 heterocycles. The topological polar surface area (TPSA) is 182 Å². The van der Waals surface area contributed by atoms with Gasteiger partial charge >= 0.3 is 6.18 Å². The fourth-order valence-corrected chi connectivity index (χ4v) is 6.18. The molecule has 1 aliphatic rings. The van der Waals surface area contributed by atoms with Crippen molar-refractivity contribution >= 4 is 27.4 Å². The number of pyridine rings is 1. The molecular formula is C31H34F3N5O9S. The molecule has 0 spiro atoms. The van der Waals surface area contributed by atoms with Crippen LogP contribution in [0.2, 0.25) is 0 Å². The number of rotatable bonds is 16. The highest BCUT2D eigenvalue weighted by molar-refractivity contribution is 7.89.